The number of carbonyl (C=O) groups excluding carboxylic acids is 1. The fourth-order valence-corrected chi connectivity index (χ4v) is 3.19. The van der Waals surface area contributed by atoms with Crippen LogP contribution in [0.1, 0.15) is 50.9 Å². The van der Waals surface area contributed by atoms with Gasteiger partial charge in [0.15, 0.2) is 0 Å². The number of nitrogens with zero attached hydrogens (tertiary/aromatic N) is 1. The van der Waals surface area contributed by atoms with E-state index in [0.29, 0.717) is 0 Å². The fourth-order valence-electron chi connectivity index (χ4n) is 3.19. The molecule has 4 nitrogen and oxygen atoms in total. The summed E-state index contributed by atoms with van der Waals surface area (Å²) in [6.45, 7) is 6.37. The van der Waals surface area contributed by atoms with Crippen LogP contribution in [0.15, 0.2) is 12.1 Å². The Hall–Kier alpha value is -1.61. The first-order valence-corrected chi connectivity index (χ1v) is 8.85. The van der Waals surface area contributed by atoms with E-state index >= 15 is 0 Å². The maximum atomic E-state index is 14.6. The molecule has 0 aliphatic carbocycles. The standard InChI is InChI=1S/C18H22BF4NO3/c1-16(2)17(3,4)27-19(26-16)12-9-13(20)11(8-14(12)21)15(25)24-7-5-6-18(22,23)10-24/h8-9H,5-7,10H2,1-4H3. The zero-order chi connectivity index (χ0) is 20.2. The summed E-state index contributed by atoms with van der Waals surface area (Å²) in [5.41, 5.74) is -2.24. The number of rotatable bonds is 2. The average molecular weight is 387 g/mol. The molecule has 2 aliphatic rings. The second kappa shape index (κ2) is 6.48. The molecule has 3 rings (SSSR count). The second-order valence-corrected chi connectivity index (χ2v) is 8.13. The summed E-state index contributed by atoms with van der Waals surface area (Å²) in [5, 5.41) is 0. The Kier molecular flexibility index (Phi) is 4.83. The van der Waals surface area contributed by atoms with Gasteiger partial charge < -0.3 is 14.2 Å². The molecule has 0 bridgehead atoms. The molecule has 1 aromatic carbocycles. The monoisotopic (exact) mass is 387 g/mol. The molecule has 0 saturated carbocycles. The van der Waals surface area contributed by atoms with E-state index in [1.807, 2.05) is 0 Å². The smallest absolute Gasteiger partial charge is 0.399 e. The topological polar surface area (TPSA) is 38.8 Å². The van der Waals surface area contributed by atoms with Gasteiger partial charge in [-0.2, -0.15) is 0 Å². The van der Waals surface area contributed by atoms with Crippen molar-refractivity contribution >= 4 is 18.5 Å². The van der Waals surface area contributed by atoms with Crippen LogP contribution in [0.2, 0.25) is 0 Å². The molecule has 148 valence electrons. The van der Waals surface area contributed by atoms with Crippen molar-refractivity contribution in [3.05, 3.63) is 29.3 Å². The number of halogens is 4. The number of hydrogen-bond acceptors (Lipinski definition) is 3. The van der Waals surface area contributed by atoms with Gasteiger partial charge in [-0.15, -0.1) is 0 Å². The van der Waals surface area contributed by atoms with E-state index in [1.54, 1.807) is 27.7 Å². The van der Waals surface area contributed by atoms with E-state index in [0.717, 1.165) is 17.0 Å². The maximum absolute atomic E-state index is 14.6. The highest BCUT2D eigenvalue weighted by molar-refractivity contribution is 6.62. The number of alkyl halides is 2. The van der Waals surface area contributed by atoms with E-state index < -0.39 is 53.9 Å². The van der Waals surface area contributed by atoms with Crippen molar-refractivity contribution in [2.45, 2.75) is 57.7 Å². The highest BCUT2D eigenvalue weighted by Crippen LogP contribution is 2.37. The molecule has 0 radical (unpaired) electrons. The number of benzene rings is 1. The van der Waals surface area contributed by atoms with Crippen molar-refractivity contribution in [2.75, 3.05) is 13.1 Å². The number of hydrogen-bond donors (Lipinski definition) is 0. The lowest BCUT2D eigenvalue weighted by molar-refractivity contribution is -0.0561. The normalized spacial score (nSPS) is 23.6. The van der Waals surface area contributed by atoms with Crippen molar-refractivity contribution in [1.29, 1.82) is 0 Å². The van der Waals surface area contributed by atoms with Gasteiger partial charge in [0.05, 0.1) is 23.3 Å². The van der Waals surface area contributed by atoms with Gasteiger partial charge in [-0.05, 0) is 46.2 Å². The Morgan fingerprint density at radius 1 is 1.07 bits per heavy atom. The minimum atomic E-state index is -3.02. The van der Waals surface area contributed by atoms with E-state index in [2.05, 4.69) is 0 Å². The Balaban J connectivity index is 1.87. The summed E-state index contributed by atoms with van der Waals surface area (Å²) in [4.78, 5) is 13.3. The summed E-state index contributed by atoms with van der Waals surface area (Å²) in [6, 6.07) is 1.57. The van der Waals surface area contributed by atoms with E-state index in [-0.39, 0.29) is 24.8 Å². The van der Waals surface area contributed by atoms with Crippen LogP contribution in [0, 0.1) is 11.6 Å². The molecule has 1 aromatic rings. The summed E-state index contributed by atoms with van der Waals surface area (Å²) in [7, 11) is -1.13. The lowest BCUT2D eigenvalue weighted by Gasteiger charge is -2.32. The number of piperidine rings is 1. The summed E-state index contributed by atoms with van der Waals surface area (Å²) >= 11 is 0. The molecule has 27 heavy (non-hydrogen) atoms. The van der Waals surface area contributed by atoms with Crippen LogP contribution in [0.3, 0.4) is 0 Å². The molecule has 2 heterocycles. The molecule has 0 aromatic heterocycles. The third kappa shape index (κ3) is 3.71. The van der Waals surface area contributed by atoms with Crippen LogP contribution >= 0.6 is 0 Å². The van der Waals surface area contributed by atoms with Crippen LogP contribution in [-0.4, -0.2) is 48.1 Å². The molecule has 1 amide bonds. The maximum Gasteiger partial charge on any atom is 0.497 e. The van der Waals surface area contributed by atoms with Crippen LogP contribution in [0.25, 0.3) is 0 Å². The van der Waals surface area contributed by atoms with Crippen LogP contribution in [-0.2, 0) is 9.31 Å². The third-order valence-electron chi connectivity index (χ3n) is 5.50. The first kappa shape index (κ1) is 20.1. The van der Waals surface area contributed by atoms with Gasteiger partial charge in [-0.25, -0.2) is 17.6 Å². The zero-order valence-corrected chi connectivity index (χ0v) is 15.7. The molecule has 0 spiro atoms. The summed E-state index contributed by atoms with van der Waals surface area (Å²) in [5.74, 6) is -5.86. The van der Waals surface area contributed by atoms with Crippen molar-refractivity contribution in [1.82, 2.24) is 4.90 Å². The Morgan fingerprint density at radius 2 is 1.67 bits per heavy atom. The summed E-state index contributed by atoms with van der Waals surface area (Å²) < 4.78 is 67.6. The van der Waals surface area contributed by atoms with Gasteiger partial charge in [0, 0.05) is 18.4 Å². The van der Waals surface area contributed by atoms with Gasteiger partial charge >= 0.3 is 7.12 Å². The molecule has 0 atom stereocenters. The SMILES string of the molecule is CC1(C)OB(c2cc(F)c(C(=O)N3CCCC(F)(F)C3)cc2F)OC1(C)C. The minimum Gasteiger partial charge on any atom is -0.399 e. The second-order valence-electron chi connectivity index (χ2n) is 8.13. The molecular weight excluding hydrogens is 365 g/mol. The number of amides is 1. The van der Waals surface area contributed by atoms with Gasteiger partial charge in [-0.3, -0.25) is 4.79 Å². The highest BCUT2D eigenvalue weighted by atomic mass is 19.3. The zero-order valence-electron chi connectivity index (χ0n) is 15.7. The van der Waals surface area contributed by atoms with E-state index in [1.165, 1.54) is 0 Å². The molecule has 0 N–H and O–H groups in total. The Bertz CT molecular complexity index is 753. The lowest BCUT2D eigenvalue weighted by Crippen LogP contribution is -2.46. The van der Waals surface area contributed by atoms with Gasteiger partial charge in [0.2, 0.25) is 0 Å². The highest BCUT2D eigenvalue weighted by Gasteiger charge is 2.52. The predicted molar refractivity (Wildman–Crippen MR) is 92.2 cm³/mol. The van der Waals surface area contributed by atoms with Crippen molar-refractivity contribution in [3.63, 3.8) is 0 Å². The van der Waals surface area contributed by atoms with Gasteiger partial charge in [0.1, 0.15) is 11.6 Å². The number of carbonyl (C=O) groups is 1. The van der Waals surface area contributed by atoms with Crippen LogP contribution in [0.5, 0.6) is 0 Å². The molecule has 2 aliphatic heterocycles. The van der Waals surface area contributed by atoms with Crippen molar-refractivity contribution in [3.8, 4) is 0 Å². The first-order chi connectivity index (χ1) is 12.3. The van der Waals surface area contributed by atoms with Gasteiger partial charge in [0.25, 0.3) is 11.8 Å². The Labute approximate surface area is 156 Å². The van der Waals surface area contributed by atoms with Crippen LogP contribution in [0.4, 0.5) is 17.6 Å². The lowest BCUT2D eigenvalue weighted by atomic mass is 9.78. The van der Waals surface area contributed by atoms with Crippen molar-refractivity contribution in [2.24, 2.45) is 0 Å². The van der Waals surface area contributed by atoms with Gasteiger partial charge in [-0.1, -0.05) is 0 Å². The first-order valence-electron chi connectivity index (χ1n) is 8.85. The van der Waals surface area contributed by atoms with Crippen molar-refractivity contribution < 1.29 is 31.7 Å². The Morgan fingerprint density at radius 3 is 2.22 bits per heavy atom. The molecule has 9 heteroatoms. The molecule has 2 fully saturated rings. The average Bonchev–Trinajstić information content (AvgIpc) is 2.75. The van der Waals surface area contributed by atoms with E-state index in [4.69, 9.17) is 9.31 Å². The van der Waals surface area contributed by atoms with Crippen LogP contribution < -0.4 is 5.46 Å². The fraction of sp³-hybridized carbons (Fsp3) is 0.611. The van der Waals surface area contributed by atoms with E-state index in [9.17, 15) is 22.4 Å². The molecule has 2 saturated heterocycles. The third-order valence-corrected chi connectivity index (χ3v) is 5.50. The molecular formula is C18H22BF4NO3. The predicted octanol–water partition coefficient (Wildman–Crippen LogP) is 3.14. The number of likely N-dealkylation sites (tertiary alicyclic amines) is 1. The minimum absolute atomic E-state index is 0.0778. The largest absolute Gasteiger partial charge is 0.497 e. The summed E-state index contributed by atoms with van der Waals surface area (Å²) in [6.07, 6.45) is -0.219. The molecule has 0 unspecified atom stereocenters. The quantitative estimate of drug-likeness (QED) is 0.578.